The van der Waals surface area contributed by atoms with Crippen LogP contribution in [0.5, 0.6) is 0 Å². The summed E-state index contributed by atoms with van der Waals surface area (Å²) in [6.07, 6.45) is 9.18. The van der Waals surface area contributed by atoms with Crippen LogP contribution in [0.1, 0.15) is 79.6 Å². The first-order valence-electron chi connectivity index (χ1n) is 13.1. The van der Waals surface area contributed by atoms with E-state index in [0.717, 1.165) is 32.1 Å². The van der Waals surface area contributed by atoms with E-state index in [-0.39, 0.29) is 23.5 Å². The summed E-state index contributed by atoms with van der Waals surface area (Å²) in [6, 6.07) is 0. The molecule has 11 atom stereocenters. The van der Waals surface area contributed by atoms with E-state index >= 15 is 0 Å². The maximum absolute atomic E-state index is 13.1. The number of fused-ring (bicyclic) bond motifs is 5. The Kier molecular flexibility index (Phi) is 5.42. The number of carbonyl (C=O) groups excluding carboxylic acids is 1. The molecule has 0 bridgehead atoms. The van der Waals surface area contributed by atoms with Crippen LogP contribution in [-0.2, 0) is 9.53 Å². The van der Waals surface area contributed by atoms with Crippen molar-refractivity contribution in [2.24, 2.45) is 34.5 Å². The van der Waals surface area contributed by atoms with Crippen LogP contribution in [0, 0.1) is 34.5 Å². The summed E-state index contributed by atoms with van der Waals surface area (Å²) in [5, 5.41) is 44.3. The third-order valence-corrected chi connectivity index (χ3v) is 11.6. The van der Waals surface area contributed by atoms with Crippen LogP contribution in [0.4, 0.5) is 0 Å². The molecule has 0 aromatic heterocycles. The van der Waals surface area contributed by atoms with Crippen LogP contribution >= 0.6 is 0 Å². The van der Waals surface area contributed by atoms with Gasteiger partial charge in [-0.05, 0) is 88.5 Å². The number of aliphatic hydroxyl groups excluding tert-OH is 1. The molecule has 3 fully saturated rings. The van der Waals surface area contributed by atoms with E-state index in [1.807, 2.05) is 13.0 Å². The van der Waals surface area contributed by atoms with Crippen LogP contribution in [0.3, 0.4) is 0 Å². The Hall–Kier alpha value is -1.05. The van der Waals surface area contributed by atoms with Gasteiger partial charge >= 0.3 is 0 Å². The lowest BCUT2D eigenvalue weighted by Gasteiger charge is -2.59. The highest BCUT2D eigenvalue weighted by Gasteiger charge is 2.67. The molecule has 0 aromatic carbocycles. The van der Waals surface area contributed by atoms with Crippen molar-refractivity contribution >= 4 is 5.78 Å². The highest BCUT2D eigenvalue weighted by atomic mass is 16.6. The van der Waals surface area contributed by atoms with Crippen molar-refractivity contribution in [1.29, 1.82) is 0 Å². The van der Waals surface area contributed by atoms with E-state index in [4.69, 9.17) is 4.74 Å². The molecule has 190 valence electrons. The van der Waals surface area contributed by atoms with Crippen molar-refractivity contribution in [1.82, 2.24) is 0 Å². The molecule has 4 aliphatic carbocycles. The number of hydrogen-bond acceptors (Lipinski definition) is 6. The highest BCUT2D eigenvalue weighted by Crippen LogP contribution is 2.68. The number of ketones is 1. The minimum Gasteiger partial charge on any atom is -0.389 e. The van der Waals surface area contributed by atoms with Crippen LogP contribution in [0.15, 0.2) is 23.8 Å². The molecule has 5 rings (SSSR count). The fourth-order valence-electron chi connectivity index (χ4n) is 8.78. The summed E-state index contributed by atoms with van der Waals surface area (Å²) < 4.78 is 5.83. The minimum atomic E-state index is -1.78. The Morgan fingerprint density at radius 3 is 2.41 bits per heavy atom. The normalized spacial score (nSPS) is 55.7. The fourth-order valence-corrected chi connectivity index (χ4v) is 8.78. The lowest BCUT2D eigenvalue weighted by Crippen LogP contribution is -2.67. The van der Waals surface area contributed by atoms with Crippen molar-refractivity contribution < 1.29 is 30.0 Å². The Balaban J connectivity index is 1.43. The van der Waals surface area contributed by atoms with Crippen molar-refractivity contribution in [3.8, 4) is 0 Å². The molecule has 5 aliphatic rings. The summed E-state index contributed by atoms with van der Waals surface area (Å²) >= 11 is 0. The second kappa shape index (κ2) is 7.48. The lowest BCUT2D eigenvalue weighted by molar-refractivity contribution is -0.334. The molecule has 11 unspecified atom stereocenters. The molecule has 1 aliphatic heterocycles. The van der Waals surface area contributed by atoms with Gasteiger partial charge in [-0.25, -0.2) is 0 Å². The maximum Gasteiger partial charge on any atom is 0.186 e. The number of hydrogen-bond donors (Lipinski definition) is 4. The van der Waals surface area contributed by atoms with Crippen LogP contribution in [0.2, 0.25) is 0 Å². The van der Waals surface area contributed by atoms with Crippen LogP contribution in [-0.4, -0.2) is 55.4 Å². The van der Waals surface area contributed by atoms with Gasteiger partial charge in [-0.1, -0.05) is 31.6 Å². The van der Waals surface area contributed by atoms with E-state index in [0.29, 0.717) is 24.2 Å². The number of ether oxygens (including phenoxy) is 1. The Morgan fingerprint density at radius 1 is 1.06 bits per heavy atom. The molecule has 0 radical (unpaired) electrons. The van der Waals surface area contributed by atoms with Crippen LogP contribution in [0.25, 0.3) is 0 Å². The van der Waals surface area contributed by atoms with Crippen molar-refractivity contribution in [2.75, 3.05) is 0 Å². The van der Waals surface area contributed by atoms with Crippen molar-refractivity contribution in [2.45, 2.75) is 109 Å². The largest absolute Gasteiger partial charge is 0.389 e. The molecule has 1 heterocycles. The van der Waals surface area contributed by atoms with Gasteiger partial charge in [-0.2, -0.15) is 0 Å². The van der Waals surface area contributed by atoms with E-state index in [2.05, 4.69) is 19.9 Å². The molecule has 1 saturated heterocycles. The first-order chi connectivity index (χ1) is 15.7. The van der Waals surface area contributed by atoms with Gasteiger partial charge in [0.25, 0.3) is 0 Å². The standard InChI is InChI=1S/C28H42O6/c1-16(21-15-25(3,31)27(5,32)23(30)34-21)28(33)14-12-19-18-10-9-17-7-6-8-22(29)26(17,4)20(18)11-13-24(19,28)2/h6,8-9,16,18-21,23,30-33H,7,10-15H2,1-5H3. The SMILES string of the molecule is CC(C1CC(C)(O)C(C)(O)C(O)O1)C1(O)CCC2C3CC=C4CC=CC(=O)C4(C)C3CCC21C. The van der Waals surface area contributed by atoms with Gasteiger partial charge in [-0.3, -0.25) is 4.79 Å². The molecule has 6 nitrogen and oxygen atoms in total. The van der Waals surface area contributed by atoms with Crippen molar-refractivity contribution in [3.05, 3.63) is 23.8 Å². The molecule has 34 heavy (non-hydrogen) atoms. The Bertz CT molecular complexity index is 935. The summed E-state index contributed by atoms with van der Waals surface area (Å²) in [6.45, 7) is 9.21. The number of carbonyl (C=O) groups is 1. The molecule has 0 spiro atoms. The lowest BCUT2D eigenvalue weighted by atomic mass is 9.46. The second-order valence-corrected chi connectivity index (χ2v) is 12.9. The molecule has 0 aromatic rings. The molecule has 6 heteroatoms. The summed E-state index contributed by atoms with van der Waals surface area (Å²) in [7, 11) is 0. The van der Waals surface area contributed by atoms with Crippen molar-refractivity contribution in [3.63, 3.8) is 0 Å². The van der Waals surface area contributed by atoms with E-state index in [1.54, 1.807) is 6.08 Å². The topological polar surface area (TPSA) is 107 Å². The highest BCUT2D eigenvalue weighted by molar-refractivity contribution is 5.98. The average molecular weight is 475 g/mol. The van der Waals surface area contributed by atoms with Gasteiger partial charge in [0, 0.05) is 12.3 Å². The van der Waals surface area contributed by atoms with Gasteiger partial charge in [-0.15, -0.1) is 0 Å². The second-order valence-electron chi connectivity index (χ2n) is 12.9. The monoisotopic (exact) mass is 474 g/mol. The zero-order chi connectivity index (χ0) is 24.9. The minimum absolute atomic E-state index is 0.137. The smallest absolute Gasteiger partial charge is 0.186 e. The Labute approximate surface area is 203 Å². The number of aliphatic hydroxyl groups is 4. The molecule has 0 amide bonds. The quantitative estimate of drug-likeness (QED) is 0.458. The van der Waals surface area contributed by atoms with Gasteiger partial charge in [0.2, 0.25) is 0 Å². The molecule has 4 N–H and O–H groups in total. The number of rotatable bonds is 2. The van der Waals surface area contributed by atoms with Gasteiger partial charge in [0.15, 0.2) is 12.1 Å². The maximum atomic E-state index is 13.1. The summed E-state index contributed by atoms with van der Waals surface area (Å²) in [5.74, 6) is 0.837. The van der Waals surface area contributed by atoms with E-state index < -0.39 is 34.6 Å². The average Bonchev–Trinajstić information content (AvgIpc) is 3.04. The zero-order valence-corrected chi connectivity index (χ0v) is 21.3. The molecular weight excluding hydrogens is 432 g/mol. The van der Waals surface area contributed by atoms with Gasteiger partial charge < -0.3 is 25.2 Å². The first kappa shape index (κ1) is 24.6. The predicted molar refractivity (Wildman–Crippen MR) is 127 cm³/mol. The molecular formula is C28H42O6. The third-order valence-electron chi connectivity index (χ3n) is 11.6. The van der Waals surface area contributed by atoms with E-state index in [9.17, 15) is 25.2 Å². The summed E-state index contributed by atoms with van der Waals surface area (Å²) in [4.78, 5) is 13.1. The Morgan fingerprint density at radius 2 is 1.74 bits per heavy atom. The molecule has 2 saturated carbocycles. The first-order valence-corrected chi connectivity index (χ1v) is 13.1. The van der Waals surface area contributed by atoms with Gasteiger partial charge in [0.05, 0.1) is 22.7 Å². The van der Waals surface area contributed by atoms with E-state index in [1.165, 1.54) is 19.4 Å². The number of allylic oxidation sites excluding steroid dienone is 4. The van der Waals surface area contributed by atoms with Crippen LogP contribution < -0.4 is 0 Å². The summed E-state index contributed by atoms with van der Waals surface area (Å²) in [5.41, 5.74) is -3.84. The van der Waals surface area contributed by atoms with Gasteiger partial charge in [0.1, 0.15) is 5.60 Å². The third kappa shape index (κ3) is 2.95. The fraction of sp³-hybridized carbons (Fsp3) is 0.821. The predicted octanol–water partition coefficient (Wildman–Crippen LogP) is 3.27. The zero-order valence-electron chi connectivity index (χ0n) is 21.3.